The average molecular weight is 375 g/mol. The fourth-order valence-corrected chi connectivity index (χ4v) is 4.80. The van der Waals surface area contributed by atoms with Gasteiger partial charge in [-0.25, -0.2) is 14.4 Å². The third kappa shape index (κ3) is 2.98. The minimum absolute atomic E-state index is 0.222. The van der Waals surface area contributed by atoms with E-state index in [2.05, 4.69) is 50.6 Å². The molecule has 0 amide bonds. The Morgan fingerprint density at radius 3 is 2.63 bits per heavy atom. The fraction of sp³-hybridized carbons (Fsp3) is 0.182. The zero-order chi connectivity index (χ0) is 18.2. The predicted molar refractivity (Wildman–Crippen MR) is 109 cm³/mol. The second-order valence-corrected chi connectivity index (χ2v) is 7.73. The number of benzene rings is 2. The molecule has 0 bridgehead atoms. The zero-order valence-electron chi connectivity index (χ0n) is 14.7. The van der Waals surface area contributed by atoms with Crippen LogP contribution in [-0.4, -0.2) is 23.1 Å². The number of aromatic nitrogens is 2. The Bertz CT molecular complexity index is 1080. The molecule has 134 valence electrons. The summed E-state index contributed by atoms with van der Waals surface area (Å²) < 4.78 is 13.3. The highest BCUT2D eigenvalue weighted by Gasteiger charge is 2.27. The van der Waals surface area contributed by atoms with Crippen molar-refractivity contribution >= 4 is 27.4 Å². The number of thiophene rings is 1. The van der Waals surface area contributed by atoms with E-state index in [9.17, 15) is 4.39 Å². The fourth-order valence-electron chi connectivity index (χ4n) is 3.89. The Morgan fingerprint density at radius 1 is 1.00 bits per heavy atom. The van der Waals surface area contributed by atoms with E-state index in [4.69, 9.17) is 0 Å². The van der Waals surface area contributed by atoms with Crippen molar-refractivity contribution in [1.82, 2.24) is 9.97 Å². The molecule has 1 fully saturated rings. The van der Waals surface area contributed by atoms with Crippen LogP contribution in [-0.2, 0) is 0 Å². The third-order valence-corrected chi connectivity index (χ3v) is 6.15. The van der Waals surface area contributed by atoms with Gasteiger partial charge in [0.15, 0.2) is 0 Å². The molecule has 1 saturated heterocycles. The van der Waals surface area contributed by atoms with Crippen molar-refractivity contribution in [3.8, 4) is 11.1 Å². The smallest absolute Gasteiger partial charge is 0.141 e. The number of anilines is 1. The van der Waals surface area contributed by atoms with E-state index in [0.717, 1.165) is 46.7 Å². The van der Waals surface area contributed by atoms with Gasteiger partial charge in [0.2, 0.25) is 0 Å². The largest absolute Gasteiger partial charge is 0.355 e. The molecule has 4 aromatic rings. The highest BCUT2D eigenvalue weighted by Crippen LogP contribution is 2.40. The van der Waals surface area contributed by atoms with E-state index in [1.807, 2.05) is 12.1 Å². The Balaban J connectivity index is 1.54. The Labute approximate surface area is 161 Å². The van der Waals surface area contributed by atoms with Gasteiger partial charge < -0.3 is 4.90 Å². The summed E-state index contributed by atoms with van der Waals surface area (Å²) in [6.07, 6.45) is 2.77. The first kappa shape index (κ1) is 16.4. The Hall–Kier alpha value is -2.79. The van der Waals surface area contributed by atoms with Crippen molar-refractivity contribution < 1.29 is 4.39 Å². The molecule has 1 aliphatic rings. The van der Waals surface area contributed by atoms with Crippen LogP contribution in [0, 0.1) is 5.82 Å². The lowest BCUT2D eigenvalue weighted by Crippen LogP contribution is -2.20. The van der Waals surface area contributed by atoms with Gasteiger partial charge in [-0.3, -0.25) is 0 Å². The van der Waals surface area contributed by atoms with Crippen LogP contribution in [0.25, 0.3) is 21.3 Å². The zero-order valence-corrected chi connectivity index (χ0v) is 15.5. The molecule has 0 saturated carbocycles. The van der Waals surface area contributed by atoms with Crippen LogP contribution in [0.4, 0.5) is 10.2 Å². The van der Waals surface area contributed by atoms with Gasteiger partial charge in [0.05, 0.1) is 5.39 Å². The number of nitrogens with zero attached hydrogens (tertiary/aromatic N) is 3. The van der Waals surface area contributed by atoms with Gasteiger partial charge >= 0.3 is 0 Å². The lowest BCUT2D eigenvalue weighted by atomic mass is 9.99. The van der Waals surface area contributed by atoms with E-state index in [0.29, 0.717) is 5.92 Å². The second-order valence-electron chi connectivity index (χ2n) is 6.88. The van der Waals surface area contributed by atoms with Gasteiger partial charge in [-0.05, 0) is 29.7 Å². The van der Waals surface area contributed by atoms with Crippen molar-refractivity contribution in [3.63, 3.8) is 0 Å². The highest BCUT2D eigenvalue weighted by molar-refractivity contribution is 7.17. The van der Waals surface area contributed by atoms with Gasteiger partial charge in [-0.15, -0.1) is 11.3 Å². The number of fused-ring (bicyclic) bond motifs is 1. The summed E-state index contributed by atoms with van der Waals surface area (Å²) in [5, 5.41) is 3.17. The molecule has 3 heterocycles. The maximum absolute atomic E-state index is 13.3. The molecular weight excluding hydrogens is 357 g/mol. The van der Waals surface area contributed by atoms with E-state index >= 15 is 0 Å². The molecule has 5 heteroatoms. The molecule has 0 unspecified atom stereocenters. The van der Waals surface area contributed by atoms with Crippen LogP contribution in [0.1, 0.15) is 17.9 Å². The molecule has 27 heavy (non-hydrogen) atoms. The summed E-state index contributed by atoms with van der Waals surface area (Å²) in [4.78, 5) is 12.4. The summed E-state index contributed by atoms with van der Waals surface area (Å²) in [6.45, 7) is 1.93. The monoisotopic (exact) mass is 375 g/mol. The lowest BCUT2D eigenvalue weighted by molar-refractivity contribution is 0.628. The second kappa shape index (κ2) is 6.74. The third-order valence-electron chi connectivity index (χ3n) is 5.26. The van der Waals surface area contributed by atoms with E-state index in [1.165, 1.54) is 17.7 Å². The maximum Gasteiger partial charge on any atom is 0.141 e. The molecular formula is C22H18FN3S. The first-order chi connectivity index (χ1) is 13.3. The van der Waals surface area contributed by atoms with Crippen LogP contribution in [0.2, 0.25) is 0 Å². The van der Waals surface area contributed by atoms with Gasteiger partial charge in [-0.1, -0.05) is 42.5 Å². The van der Waals surface area contributed by atoms with E-state index in [-0.39, 0.29) is 5.82 Å². The molecule has 0 spiro atoms. The summed E-state index contributed by atoms with van der Waals surface area (Å²) >= 11 is 1.61. The van der Waals surface area contributed by atoms with Crippen LogP contribution >= 0.6 is 11.3 Å². The molecule has 3 nitrogen and oxygen atoms in total. The number of halogens is 1. The van der Waals surface area contributed by atoms with Crippen LogP contribution in [0.5, 0.6) is 0 Å². The topological polar surface area (TPSA) is 29.0 Å². The summed E-state index contributed by atoms with van der Waals surface area (Å²) in [6, 6.07) is 17.3. The summed E-state index contributed by atoms with van der Waals surface area (Å²) in [7, 11) is 0. The predicted octanol–water partition coefficient (Wildman–Crippen LogP) is 5.49. The first-order valence-electron chi connectivity index (χ1n) is 9.07. The molecule has 2 aromatic carbocycles. The standard InChI is InChI=1S/C22H18FN3S/c23-18-8-6-16(7-9-18)19-13-27-22-20(19)21(24-14-25-22)26-11-10-17(12-26)15-4-2-1-3-5-15/h1-9,13-14,17H,10-12H2/t17-/m0/s1. The Morgan fingerprint density at radius 2 is 1.81 bits per heavy atom. The lowest BCUT2D eigenvalue weighted by Gasteiger charge is -2.19. The van der Waals surface area contributed by atoms with Crippen molar-refractivity contribution in [3.05, 3.63) is 77.7 Å². The first-order valence-corrected chi connectivity index (χ1v) is 9.95. The molecule has 1 atom stereocenters. The van der Waals surface area contributed by atoms with Crippen molar-refractivity contribution in [2.45, 2.75) is 12.3 Å². The molecule has 2 aromatic heterocycles. The Kier molecular flexibility index (Phi) is 4.09. The molecule has 1 aliphatic heterocycles. The van der Waals surface area contributed by atoms with Crippen LogP contribution < -0.4 is 4.90 Å². The van der Waals surface area contributed by atoms with Gasteiger partial charge in [0.25, 0.3) is 0 Å². The normalized spacial score (nSPS) is 16.9. The summed E-state index contributed by atoms with van der Waals surface area (Å²) in [5.74, 6) is 1.28. The molecule has 0 radical (unpaired) electrons. The minimum Gasteiger partial charge on any atom is -0.355 e. The SMILES string of the molecule is Fc1ccc(-c2csc3ncnc(N4CC[C@H](c5ccccc5)C4)c23)cc1. The molecule has 0 aliphatic carbocycles. The number of hydrogen-bond acceptors (Lipinski definition) is 4. The highest BCUT2D eigenvalue weighted by atomic mass is 32.1. The number of hydrogen-bond donors (Lipinski definition) is 0. The summed E-state index contributed by atoms with van der Waals surface area (Å²) in [5.41, 5.74) is 3.46. The molecule has 5 rings (SSSR count). The van der Waals surface area contributed by atoms with Gasteiger partial charge in [-0.2, -0.15) is 0 Å². The average Bonchev–Trinajstić information content (AvgIpc) is 3.37. The van der Waals surface area contributed by atoms with E-state index < -0.39 is 0 Å². The maximum atomic E-state index is 13.3. The van der Waals surface area contributed by atoms with Crippen molar-refractivity contribution in [2.24, 2.45) is 0 Å². The van der Waals surface area contributed by atoms with Crippen LogP contribution in [0.15, 0.2) is 66.3 Å². The number of rotatable bonds is 3. The quantitative estimate of drug-likeness (QED) is 0.474. The van der Waals surface area contributed by atoms with Crippen LogP contribution in [0.3, 0.4) is 0 Å². The van der Waals surface area contributed by atoms with Gasteiger partial charge in [0, 0.05) is 30.0 Å². The van der Waals surface area contributed by atoms with E-state index in [1.54, 1.807) is 17.7 Å². The van der Waals surface area contributed by atoms with Crippen molar-refractivity contribution in [2.75, 3.05) is 18.0 Å². The van der Waals surface area contributed by atoms with Crippen molar-refractivity contribution in [1.29, 1.82) is 0 Å². The van der Waals surface area contributed by atoms with Gasteiger partial charge in [0.1, 0.15) is 22.8 Å². The molecule has 0 N–H and O–H groups in total. The minimum atomic E-state index is -0.222.